The van der Waals surface area contributed by atoms with Crippen LogP contribution in [0.3, 0.4) is 0 Å². The molecule has 0 fully saturated rings. The maximum absolute atomic E-state index is 12.6. The molecule has 0 aliphatic rings. The Balaban J connectivity index is 0.00000225. The van der Waals surface area contributed by atoms with Crippen LogP contribution in [0.5, 0.6) is 0 Å². The van der Waals surface area contributed by atoms with Crippen LogP contribution >= 0.6 is 36.4 Å². The van der Waals surface area contributed by atoms with Gasteiger partial charge in [0.15, 0.2) is 0 Å². The number of pyridine rings is 1. The Hall–Kier alpha value is -1.67. The van der Waals surface area contributed by atoms with Crippen LogP contribution in [-0.2, 0) is 10.0 Å². The summed E-state index contributed by atoms with van der Waals surface area (Å²) in [6.07, 6.45) is 7.28. The summed E-state index contributed by atoms with van der Waals surface area (Å²) in [4.78, 5) is 4.30. The van der Waals surface area contributed by atoms with Gasteiger partial charge in [-0.05, 0) is 36.8 Å². The SMILES string of the molecule is CC(C=Cc1ccc(Cl)cc1)NCCNS(=O)(=O)c1cccc2cnccc12.Cl.Cl. The van der Waals surface area contributed by atoms with E-state index < -0.39 is 10.0 Å². The van der Waals surface area contributed by atoms with Crippen molar-refractivity contribution in [3.8, 4) is 0 Å². The highest BCUT2D eigenvalue weighted by molar-refractivity contribution is 7.89. The molecule has 162 valence electrons. The molecule has 0 aliphatic carbocycles. The van der Waals surface area contributed by atoms with Crippen LogP contribution in [0, 0.1) is 0 Å². The van der Waals surface area contributed by atoms with E-state index >= 15 is 0 Å². The molecular formula is C21H24Cl3N3O2S. The van der Waals surface area contributed by atoms with Crippen molar-refractivity contribution in [3.05, 3.63) is 77.6 Å². The van der Waals surface area contributed by atoms with Gasteiger partial charge in [0, 0.05) is 47.3 Å². The van der Waals surface area contributed by atoms with Crippen molar-refractivity contribution in [1.29, 1.82) is 0 Å². The largest absolute Gasteiger partial charge is 0.309 e. The van der Waals surface area contributed by atoms with Gasteiger partial charge in [0.2, 0.25) is 10.0 Å². The fourth-order valence-electron chi connectivity index (χ4n) is 2.79. The predicted octanol–water partition coefficient (Wildman–Crippen LogP) is 4.70. The van der Waals surface area contributed by atoms with Crippen molar-refractivity contribution in [3.63, 3.8) is 0 Å². The highest BCUT2D eigenvalue weighted by atomic mass is 35.5. The second kappa shape index (κ2) is 12.2. The number of nitrogens with zero attached hydrogens (tertiary/aromatic N) is 1. The number of benzene rings is 2. The molecule has 0 aliphatic heterocycles. The molecule has 0 bridgehead atoms. The van der Waals surface area contributed by atoms with E-state index in [1.165, 1.54) is 0 Å². The Morgan fingerprint density at radius 2 is 1.80 bits per heavy atom. The van der Waals surface area contributed by atoms with Gasteiger partial charge in [-0.3, -0.25) is 4.98 Å². The Labute approximate surface area is 194 Å². The number of nitrogens with one attached hydrogen (secondary N) is 2. The van der Waals surface area contributed by atoms with Crippen LogP contribution in [0.15, 0.2) is 71.9 Å². The second-order valence-electron chi connectivity index (χ2n) is 6.40. The molecule has 2 N–H and O–H groups in total. The molecule has 1 unspecified atom stereocenters. The summed E-state index contributed by atoms with van der Waals surface area (Å²) in [5.74, 6) is 0. The molecule has 0 saturated heterocycles. The average molecular weight is 489 g/mol. The van der Waals surface area contributed by atoms with Crippen molar-refractivity contribution < 1.29 is 8.42 Å². The number of halogens is 3. The van der Waals surface area contributed by atoms with Gasteiger partial charge < -0.3 is 5.32 Å². The zero-order chi connectivity index (χ0) is 20.0. The van der Waals surface area contributed by atoms with Crippen LogP contribution in [0.25, 0.3) is 16.8 Å². The van der Waals surface area contributed by atoms with Crippen molar-refractivity contribution in [2.24, 2.45) is 0 Å². The highest BCUT2D eigenvalue weighted by Gasteiger charge is 2.16. The van der Waals surface area contributed by atoms with Crippen molar-refractivity contribution >= 4 is 63.3 Å². The predicted molar refractivity (Wildman–Crippen MR) is 129 cm³/mol. The van der Waals surface area contributed by atoms with E-state index in [0.29, 0.717) is 23.5 Å². The van der Waals surface area contributed by atoms with Gasteiger partial charge in [-0.25, -0.2) is 13.1 Å². The minimum atomic E-state index is -3.59. The van der Waals surface area contributed by atoms with Crippen LogP contribution < -0.4 is 10.0 Å². The molecule has 0 radical (unpaired) electrons. The van der Waals surface area contributed by atoms with Crippen LogP contribution in [-0.4, -0.2) is 32.5 Å². The highest BCUT2D eigenvalue weighted by Crippen LogP contribution is 2.21. The Morgan fingerprint density at radius 3 is 2.53 bits per heavy atom. The average Bonchev–Trinajstić information content (AvgIpc) is 2.70. The molecule has 2 aromatic carbocycles. The lowest BCUT2D eigenvalue weighted by Crippen LogP contribution is -2.35. The van der Waals surface area contributed by atoms with E-state index in [4.69, 9.17) is 11.6 Å². The van der Waals surface area contributed by atoms with Gasteiger partial charge in [0.1, 0.15) is 0 Å². The second-order valence-corrected chi connectivity index (χ2v) is 8.58. The molecule has 0 spiro atoms. The maximum Gasteiger partial charge on any atom is 0.241 e. The maximum atomic E-state index is 12.6. The number of hydrogen-bond acceptors (Lipinski definition) is 4. The summed E-state index contributed by atoms with van der Waals surface area (Å²) in [5.41, 5.74) is 1.06. The first-order chi connectivity index (χ1) is 13.5. The summed E-state index contributed by atoms with van der Waals surface area (Å²) in [6.45, 7) is 2.82. The van der Waals surface area contributed by atoms with E-state index in [-0.39, 0.29) is 35.8 Å². The third-order valence-corrected chi connectivity index (χ3v) is 6.03. The lowest BCUT2D eigenvalue weighted by Gasteiger charge is -2.12. The molecule has 9 heteroatoms. The van der Waals surface area contributed by atoms with Crippen LogP contribution in [0.4, 0.5) is 0 Å². The summed E-state index contributed by atoms with van der Waals surface area (Å²) in [6, 6.07) is 14.6. The normalized spacial score (nSPS) is 12.3. The van der Waals surface area contributed by atoms with Gasteiger partial charge in [0.05, 0.1) is 4.90 Å². The first kappa shape index (κ1) is 26.4. The fourth-order valence-corrected chi connectivity index (χ4v) is 4.17. The molecule has 1 aromatic heterocycles. The van der Waals surface area contributed by atoms with Crippen LogP contribution in [0.1, 0.15) is 12.5 Å². The number of aromatic nitrogens is 1. The first-order valence-electron chi connectivity index (χ1n) is 8.95. The lowest BCUT2D eigenvalue weighted by molar-refractivity contribution is 0.571. The summed E-state index contributed by atoms with van der Waals surface area (Å²) >= 11 is 5.88. The van der Waals surface area contributed by atoms with Gasteiger partial charge in [-0.2, -0.15) is 0 Å². The van der Waals surface area contributed by atoms with Crippen molar-refractivity contribution in [1.82, 2.24) is 15.0 Å². The van der Waals surface area contributed by atoms with Gasteiger partial charge >= 0.3 is 0 Å². The standard InChI is InChI=1S/C21H22ClN3O2S.2ClH/c1-16(5-6-17-7-9-19(22)10-8-17)24-13-14-25-28(26,27)21-4-2-3-18-15-23-12-11-20(18)21;;/h2-12,15-16,24-25H,13-14H2,1H3;2*1H. The van der Waals surface area contributed by atoms with E-state index in [1.54, 1.807) is 30.6 Å². The van der Waals surface area contributed by atoms with E-state index in [0.717, 1.165) is 10.9 Å². The molecule has 1 atom stereocenters. The topological polar surface area (TPSA) is 71.1 Å². The quantitative estimate of drug-likeness (QED) is 0.451. The van der Waals surface area contributed by atoms with E-state index in [9.17, 15) is 8.42 Å². The molecule has 0 amide bonds. The Kier molecular flexibility index (Phi) is 10.8. The molecule has 3 aromatic rings. The number of rotatable bonds is 8. The van der Waals surface area contributed by atoms with Crippen molar-refractivity contribution in [2.45, 2.75) is 17.9 Å². The molecule has 1 heterocycles. The smallest absolute Gasteiger partial charge is 0.241 e. The van der Waals surface area contributed by atoms with Gasteiger partial charge in [-0.1, -0.05) is 48.0 Å². The minimum absolute atomic E-state index is 0. The molecular weight excluding hydrogens is 465 g/mol. The molecule has 0 saturated carbocycles. The molecule has 3 rings (SSSR count). The van der Waals surface area contributed by atoms with E-state index in [1.807, 2.05) is 49.4 Å². The molecule has 30 heavy (non-hydrogen) atoms. The van der Waals surface area contributed by atoms with Crippen LogP contribution in [0.2, 0.25) is 5.02 Å². The Bertz CT molecular complexity index is 1070. The zero-order valence-corrected chi connectivity index (χ0v) is 19.5. The summed E-state index contributed by atoms with van der Waals surface area (Å²) < 4.78 is 27.9. The van der Waals surface area contributed by atoms with Gasteiger partial charge in [-0.15, -0.1) is 24.8 Å². The lowest BCUT2D eigenvalue weighted by atomic mass is 10.2. The third-order valence-electron chi connectivity index (χ3n) is 4.26. The summed E-state index contributed by atoms with van der Waals surface area (Å²) in [7, 11) is -3.59. The first-order valence-corrected chi connectivity index (χ1v) is 10.8. The molecule has 5 nitrogen and oxygen atoms in total. The zero-order valence-electron chi connectivity index (χ0n) is 16.3. The fraction of sp³-hybridized carbons (Fsp3) is 0.190. The Morgan fingerprint density at radius 1 is 1.07 bits per heavy atom. The van der Waals surface area contributed by atoms with Crippen molar-refractivity contribution in [2.75, 3.05) is 13.1 Å². The van der Waals surface area contributed by atoms with E-state index in [2.05, 4.69) is 15.0 Å². The minimum Gasteiger partial charge on any atom is -0.309 e. The number of fused-ring (bicyclic) bond motifs is 1. The monoisotopic (exact) mass is 487 g/mol. The summed E-state index contributed by atoms with van der Waals surface area (Å²) in [5, 5.41) is 5.44. The third kappa shape index (κ3) is 7.23. The number of hydrogen-bond donors (Lipinski definition) is 2. The van der Waals surface area contributed by atoms with Gasteiger partial charge in [0.25, 0.3) is 0 Å². The number of sulfonamides is 1.